The van der Waals surface area contributed by atoms with Gasteiger partial charge in [-0.15, -0.1) is 0 Å². The van der Waals surface area contributed by atoms with E-state index in [0.29, 0.717) is 0 Å². The normalized spacial score (nSPS) is 10.4. The third kappa shape index (κ3) is 1.57. The van der Waals surface area contributed by atoms with Crippen molar-refractivity contribution >= 4 is 10.9 Å². The Labute approximate surface area is 106 Å². The van der Waals surface area contributed by atoms with Crippen molar-refractivity contribution in [2.24, 2.45) is 7.05 Å². The van der Waals surface area contributed by atoms with Gasteiger partial charge in [0.2, 0.25) is 0 Å². The lowest BCUT2D eigenvalue weighted by Crippen LogP contribution is -1.83. The fraction of sp³-hybridized carbons (Fsp3) is 0.0625. The fourth-order valence-electron chi connectivity index (χ4n) is 2.29. The van der Waals surface area contributed by atoms with Crippen molar-refractivity contribution in [1.29, 1.82) is 5.26 Å². The van der Waals surface area contributed by atoms with Crippen LogP contribution in [0.2, 0.25) is 0 Å². The SMILES string of the molecule is Cn1cc(C#N)c2cc(-c3ccccc3)ccc21. The zero-order chi connectivity index (χ0) is 12.5. The molecule has 0 radical (unpaired) electrons. The van der Waals surface area contributed by atoms with Crippen LogP contribution < -0.4 is 0 Å². The van der Waals surface area contributed by atoms with Gasteiger partial charge in [0, 0.05) is 24.1 Å². The van der Waals surface area contributed by atoms with E-state index >= 15 is 0 Å². The Balaban J connectivity index is 2.26. The summed E-state index contributed by atoms with van der Waals surface area (Å²) in [5.74, 6) is 0. The molecule has 0 unspecified atom stereocenters. The van der Waals surface area contributed by atoms with E-state index in [0.717, 1.165) is 22.0 Å². The van der Waals surface area contributed by atoms with Gasteiger partial charge in [-0.1, -0.05) is 36.4 Å². The van der Waals surface area contributed by atoms with Crippen LogP contribution in [-0.2, 0) is 7.05 Å². The maximum atomic E-state index is 9.15. The first kappa shape index (κ1) is 10.6. The van der Waals surface area contributed by atoms with Gasteiger partial charge >= 0.3 is 0 Å². The molecule has 86 valence electrons. The highest BCUT2D eigenvalue weighted by molar-refractivity contribution is 5.90. The summed E-state index contributed by atoms with van der Waals surface area (Å²) in [6.07, 6.45) is 1.87. The number of nitriles is 1. The zero-order valence-electron chi connectivity index (χ0n) is 10.1. The summed E-state index contributed by atoms with van der Waals surface area (Å²) < 4.78 is 1.99. The van der Waals surface area contributed by atoms with Crippen LogP contribution >= 0.6 is 0 Å². The molecule has 0 bridgehead atoms. The highest BCUT2D eigenvalue weighted by Crippen LogP contribution is 2.27. The molecule has 0 amide bonds. The molecule has 0 aliphatic rings. The second-order valence-electron chi connectivity index (χ2n) is 4.36. The molecule has 2 nitrogen and oxygen atoms in total. The van der Waals surface area contributed by atoms with Crippen LogP contribution in [0, 0.1) is 11.3 Å². The molecule has 0 saturated carbocycles. The first-order valence-electron chi connectivity index (χ1n) is 5.84. The smallest absolute Gasteiger partial charge is 0.101 e. The van der Waals surface area contributed by atoms with Gasteiger partial charge in [-0.2, -0.15) is 5.26 Å². The second-order valence-corrected chi connectivity index (χ2v) is 4.36. The van der Waals surface area contributed by atoms with E-state index in [1.807, 2.05) is 36.0 Å². The zero-order valence-corrected chi connectivity index (χ0v) is 10.1. The van der Waals surface area contributed by atoms with Gasteiger partial charge in [-0.25, -0.2) is 0 Å². The highest BCUT2D eigenvalue weighted by atomic mass is 14.9. The Bertz CT molecular complexity index is 746. The van der Waals surface area contributed by atoms with E-state index in [4.69, 9.17) is 5.26 Å². The largest absolute Gasteiger partial charge is 0.349 e. The van der Waals surface area contributed by atoms with E-state index in [-0.39, 0.29) is 0 Å². The third-order valence-electron chi connectivity index (χ3n) is 3.22. The predicted octanol–water partition coefficient (Wildman–Crippen LogP) is 3.72. The van der Waals surface area contributed by atoms with Crippen molar-refractivity contribution < 1.29 is 0 Å². The van der Waals surface area contributed by atoms with Crippen molar-refractivity contribution in [3.63, 3.8) is 0 Å². The van der Waals surface area contributed by atoms with Gasteiger partial charge < -0.3 is 4.57 Å². The molecule has 0 aliphatic carbocycles. The van der Waals surface area contributed by atoms with Crippen LogP contribution in [0.1, 0.15) is 5.56 Å². The number of aryl methyl sites for hydroxylation is 1. The molecular formula is C16H12N2. The summed E-state index contributed by atoms with van der Waals surface area (Å²) in [5, 5.41) is 10.2. The van der Waals surface area contributed by atoms with E-state index in [2.05, 4.69) is 36.4 Å². The van der Waals surface area contributed by atoms with Crippen LogP contribution in [0.15, 0.2) is 54.7 Å². The molecule has 18 heavy (non-hydrogen) atoms. The van der Waals surface area contributed by atoms with Crippen LogP contribution in [0.4, 0.5) is 0 Å². The molecule has 2 aromatic carbocycles. The van der Waals surface area contributed by atoms with E-state index in [1.165, 1.54) is 5.56 Å². The molecule has 0 fully saturated rings. The molecule has 2 heteroatoms. The van der Waals surface area contributed by atoms with Crippen LogP contribution in [-0.4, -0.2) is 4.57 Å². The molecule has 3 rings (SSSR count). The molecular weight excluding hydrogens is 220 g/mol. The topological polar surface area (TPSA) is 28.7 Å². The van der Waals surface area contributed by atoms with Crippen LogP contribution in [0.25, 0.3) is 22.0 Å². The predicted molar refractivity (Wildman–Crippen MR) is 73.1 cm³/mol. The maximum absolute atomic E-state index is 9.15. The van der Waals surface area contributed by atoms with E-state index in [9.17, 15) is 0 Å². The molecule has 3 aromatic rings. The average Bonchev–Trinajstić information content (AvgIpc) is 2.76. The van der Waals surface area contributed by atoms with Crippen LogP contribution in [0.3, 0.4) is 0 Å². The molecule has 1 aromatic heterocycles. The van der Waals surface area contributed by atoms with Gasteiger partial charge in [-0.05, 0) is 23.3 Å². The molecule has 0 N–H and O–H groups in total. The fourth-order valence-corrected chi connectivity index (χ4v) is 2.29. The summed E-state index contributed by atoms with van der Waals surface area (Å²) in [6, 6.07) is 18.7. The van der Waals surface area contributed by atoms with Crippen molar-refractivity contribution in [2.45, 2.75) is 0 Å². The monoisotopic (exact) mass is 232 g/mol. The summed E-state index contributed by atoms with van der Waals surface area (Å²) in [4.78, 5) is 0. The minimum atomic E-state index is 0.727. The Morgan fingerprint density at radius 2 is 1.78 bits per heavy atom. The highest BCUT2D eigenvalue weighted by Gasteiger charge is 2.07. The number of benzene rings is 2. The minimum Gasteiger partial charge on any atom is -0.349 e. The minimum absolute atomic E-state index is 0.727. The van der Waals surface area contributed by atoms with Crippen molar-refractivity contribution in [3.8, 4) is 17.2 Å². The lowest BCUT2D eigenvalue weighted by molar-refractivity contribution is 0.967. The third-order valence-corrected chi connectivity index (χ3v) is 3.22. The average molecular weight is 232 g/mol. The lowest BCUT2D eigenvalue weighted by atomic mass is 10.0. The number of rotatable bonds is 1. The van der Waals surface area contributed by atoms with Crippen LogP contribution in [0.5, 0.6) is 0 Å². The number of hydrogen-bond donors (Lipinski definition) is 0. The molecule has 0 aliphatic heterocycles. The van der Waals surface area contributed by atoms with Gasteiger partial charge in [0.05, 0.1) is 5.56 Å². The second kappa shape index (κ2) is 4.05. The molecule has 0 saturated heterocycles. The van der Waals surface area contributed by atoms with Gasteiger partial charge in [-0.3, -0.25) is 0 Å². The Hall–Kier alpha value is -2.53. The summed E-state index contributed by atoms with van der Waals surface area (Å²) in [6.45, 7) is 0. The molecule has 1 heterocycles. The Morgan fingerprint density at radius 1 is 1.00 bits per heavy atom. The Morgan fingerprint density at radius 3 is 2.50 bits per heavy atom. The number of fused-ring (bicyclic) bond motifs is 1. The van der Waals surface area contributed by atoms with Crippen molar-refractivity contribution in [1.82, 2.24) is 4.57 Å². The first-order chi connectivity index (χ1) is 8.79. The summed E-state index contributed by atoms with van der Waals surface area (Å²) in [7, 11) is 1.96. The summed E-state index contributed by atoms with van der Waals surface area (Å²) >= 11 is 0. The Kier molecular flexibility index (Phi) is 2.39. The van der Waals surface area contributed by atoms with Crippen molar-refractivity contribution in [3.05, 3.63) is 60.3 Å². The number of nitrogens with zero attached hydrogens (tertiary/aromatic N) is 2. The summed E-state index contributed by atoms with van der Waals surface area (Å²) in [5.41, 5.74) is 4.13. The molecule has 0 spiro atoms. The first-order valence-corrected chi connectivity index (χ1v) is 5.84. The number of hydrogen-bond acceptors (Lipinski definition) is 1. The van der Waals surface area contributed by atoms with Crippen molar-refractivity contribution in [2.75, 3.05) is 0 Å². The lowest BCUT2D eigenvalue weighted by Gasteiger charge is -2.02. The quantitative estimate of drug-likeness (QED) is 0.628. The van der Waals surface area contributed by atoms with E-state index < -0.39 is 0 Å². The standard InChI is InChI=1S/C16H12N2/c1-18-11-14(10-17)15-9-13(7-8-16(15)18)12-5-3-2-4-6-12/h2-9,11H,1H3. The van der Waals surface area contributed by atoms with Gasteiger partial charge in [0.25, 0.3) is 0 Å². The maximum Gasteiger partial charge on any atom is 0.101 e. The van der Waals surface area contributed by atoms with Gasteiger partial charge in [0.1, 0.15) is 6.07 Å². The molecule has 0 atom stereocenters. The number of aromatic nitrogens is 1. The van der Waals surface area contributed by atoms with Gasteiger partial charge in [0.15, 0.2) is 0 Å². The van der Waals surface area contributed by atoms with E-state index in [1.54, 1.807) is 0 Å².